The molecule has 0 aromatic heterocycles. The van der Waals surface area contributed by atoms with Gasteiger partial charge in [0, 0.05) is 19.0 Å². The van der Waals surface area contributed by atoms with E-state index in [1.54, 1.807) is 0 Å². The zero-order valence-electron chi connectivity index (χ0n) is 16.9. The zero-order valence-corrected chi connectivity index (χ0v) is 16.9. The molecule has 0 bridgehead atoms. The van der Waals surface area contributed by atoms with Crippen molar-refractivity contribution in [2.24, 2.45) is 5.92 Å². The summed E-state index contributed by atoms with van der Waals surface area (Å²) in [5, 5.41) is 16.3. The van der Waals surface area contributed by atoms with E-state index in [2.05, 4.69) is 36.6 Å². The van der Waals surface area contributed by atoms with Gasteiger partial charge in [-0.2, -0.15) is 0 Å². The van der Waals surface area contributed by atoms with E-state index in [9.17, 15) is 4.79 Å². The molecular formula is C21H32N2O5. The van der Waals surface area contributed by atoms with Gasteiger partial charge in [-0.15, -0.1) is 0 Å². The number of hydrogen-bond donors (Lipinski definition) is 2. The van der Waals surface area contributed by atoms with E-state index in [1.165, 1.54) is 5.56 Å². The highest BCUT2D eigenvalue weighted by Gasteiger charge is 2.62. The number of rotatable bonds is 9. The molecule has 0 aliphatic heterocycles. The third-order valence-corrected chi connectivity index (χ3v) is 5.15. The summed E-state index contributed by atoms with van der Waals surface area (Å²) in [6.07, 6.45) is 5.42. The maximum atomic E-state index is 13.3. The summed E-state index contributed by atoms with van der Waals surface area (Å²) >= 11 is 0. The summed E-state index contributed by atoms with van der Waals surface area (Å²) < 4.78 is 0. The first-order valence-electron chi connectivity index (χ1n) is 9.93. The molecule has 1 saturated carbocycles. The van der Waals surface area contributed by atoms with Crippen LogP contribution in [0.4, 0.5) is 0 Å². The van der Waals surface area contributed by atoms with Crippen molar-refractivity contribution in [2.75, 3.05) is 19.6 Å². The summed E-state index contributed by atoms with van der Waals surface area (Å²) in [7, 11) is 0. The minimum atomic E-state index is -2.07. The quantitative estimate of drug-likeness (QED) is 0.590. The Balaban J connectivity index is 0.000000568. The molecule has 2 unspecified atom stereocenters. The number of carbonyl (C=O) groups is 3. The molecule has 0 heterocycles. The number of hydrogen-bond acceptors (Lipinski definition) is 4. The Hall–Kier alpha value is -2.41. The Morgan fingerprint density at radius 3 is 2.00 bits per heavy atom. The Labute approximate surface area is 166 Å². The van der Waals surface area contributed by atoms with Gasteiger partial charge in [0.1, 0.15) is 0 Å². The highest BCUT2D eigenvalue weighted by molar-refractivity contribution is 6.26. The second-order valence-corrected chi connectivity index (χ2v) is 7.12. The second kappa shape index (κ2) is 11.4. The van der Waals surface area contributed by atoms with Crippen molar-refractivity contribution in [1.29, 1.82) is 0 Å². The minimum Gasteiger partial charge on any atom is -0.539 e. The fraction of sp³-hybridized carbons (Fsp3) is 0.571. The van der Waals surface area contributed by atoms with E-state index < -0.39 is 11.9 Å². The number of nitrogens with zero attached hydrogens (tertiary/aromatic N) is 1. The fourth-order valence-corrected chi connectivity index (χ4v) is 3.45. The molecule has 156 valence electrons. The maximum Gasteiger partial charge on any atom is 0.351 e. The van der Waals surface area contributed by atoms with Crippen LogP contribution in [-0.2, 0) is 19.8 Å². The van der Waals surface area contributed by atoms with Gasteiger partial charge in [0.2, 0.25) is 5.91 Å². The molecule has 7 nitrogen and oxygen atoms in total. The number of aliphatic carboxylic acids is 2. The SMILES string of the molecule is CCCCN(CCCC)C(=O)C1(c2ccccc2)CC1C[NH3+].O=C([O-])C(=O)O. The van der Waals surface area contributed by atoms with E-state index in [0.29, 0.717) is 11.8 Å². The minimum absolute atomic E-state index is 0.287. The Bertz CT molecular complexity index is 629. The van der Waals surface area contributed by atoms with Gasteiger partial charge in [-0.3, -0.25) is 4.79 Å². The van der Waals surface area contributed by atoms with Crippen LogP contribution in [-0.4, -0.2) is 47.5 Å². The summed E-state index contributed by atoms with van der Waals surface area (Å²) in [6.45, 7) is 7.01. The van der Waals surface area contributed by atoms with Gasteiger partial charge < -0.3 is 25.6 Å². The first kappa shape index (κ1) is 23.6. The molecular weight excluding hydrogens is 360 g/mol. The molecule has 7 heteroatoms. The normalized spacial score (nSPS) is 19.9. The predicted octanol–water partition coefficient (Wildman–Crippen LogP) is 0.436. The summed E-state index contributed by atoms with van der Waals surface area (Å²) in [6, 6.07) is 10.3. The number of amides is 1. The van der Waals surface area contributed by atoms with Gasteiger partial charge in [-0.25, -0.2) is 4.79 Å². The van der Waals surface area contributed by atoms with Gasteiger partial charge in [0.25, 0.3) is 0 Å². The van der Waals surface area contributed by atoms with Crippen molar-refractivity contribution in [3.05, 3.63) is 35.9 Å². The Morgan fingerprint density at radius 1 is 1.14 bits per heavy atom. The van der Waals surface area contributed by atoms with Crippen LogP contribution in [0.2, 0.25) is 0 Å². The molecule has 0 saturated heterocycles. The lowest BCUT2D eigenvalue weighted by Crippen LogP contribution is -2.53. The Kier molecular flexibility index (Phi) is 9.65. The monoisotopic (exact) mass is 392 g/mol. The molecule has 0 spiro atoms. The molecule has 2 rings (SSSR count). The highest BCUT2D eigenvalue weighted by atomic mass is 16.4. The number of unbranched alkanes of at least 4 members (excludes halogenated alkanes) is 2. The van der Waals surface area contributed by atoms with Crippen molar-refractivity contribution < 1.29 is 30.3 Å². The summed E-state index contributed by atoms with van der Waals surface area (Å²) in [4.78, 5) is 33.5. The number of quaternary nitrogens is 1. The van der Waals surface area contributed by atoms with Crippen LogP contribution in [0.3, 0.4) is 0 Å². The van der Waals surface area contributed by atoms with E-state index in [4.69, 9.17) is 19.8 Å². The van der Waals surface area contributed by atoms with Crippen molar-refractivity contribution in [3.8, 4) is 0 Å². The van der Waals surface area contributed by atoms with Gasteiger partial charge in [-0.1, -0.05) is 57.0 Å². The lowest BCUT2D eigenvalue weighted by molar-refractivity contribution is -0.373. The molecule has 1 aromatic rings. The molecule has 4 N–H and O–H groups in total. The third-order valence-electron chi connectivity index (χ3n) is 5.15. The van der Waals surface area contributed by atoms with Gasteiger partial charge in [0.05, 0.1) is 12.0 Å². The van der Waals surface area contributed by atoms with E-state index in [1.807, 2.05) is 18.2 Å². The number of carboxylic acid groups (broad SMARTS) is 2. The van der Waals surface area contributed by atoms with Crippen LogP contribution in [0.25, 0.3) is 0 Å². The van der Waals surface area contributed by atoms with Gasteiger partial charge >= 0.3 is 5.97 Å². The molecule has 0 radical (unpaired) electrons. The Morgan fingerprint density at radius 2 is 1.64 bits per heavy atom. The topological polar surface area (TPSA) is 125 Å². The molecule has 1 aliphatic carbocycles. The van der Waals surface area contributed by atoms with Crippen molar-refractivity contribution >= 4 is 17.8 Å². The first-order chi connectivity index (χ1) is 13.3. The van der Waals surface area contributed by atoms with E-state index >= 15 is 0 Å². The van der Waals surface area contributed by atoms with Crippen molar-refractivity contribution in [3.63, 3.8) is 0 Å². The average Bonchev–Trinajstić information content (AvgIpc) is 3.44. The second-order valence-electron chi connectivity index (χ2n) is 7.12. The fourth-order valence-electron chi connectivity index (χ4n) is 3.45. The molecule has 1 aliphatic rings. The molecule has 1 amide bonds. The third kappa shape index (κ3) is 6.05. The van der Waals surface area contributed by atoms with Crippen LogP contribution < -0.4 is 10.8 Å². The van der Waals surface area contributed by atoms with Crippen LogP contribution in [0, 0.1) is 5.92 Å². The van der Waals surface area contributed by atoms with Crippen LogP contribution >= 0.6 is 0 Å². The summed E-state index contributed by atoms with van der Waals surface area (Å²) in [5.41, 5.74) is 4.96. The zero-order chi connectivity index (χ0) is 21.2. The van der Waals surface area contributed by atoms with Crippen molar-refractivity contribution in [2.45, 2.75) is 51.4 Å². The van der Waals surface area contributed by atoms with Gasteiger partial charge in [0.15, 0.2) is 5.97 Å². The number of carbonyl (C=O) groups excluding carboxylic acids is 2. The largest absolute Gasteiger partial charge is 0.539 e. The van der Waals surface area contributed by atoms with Crippen LogP contribution in [0.15, 0.2) is 30.3 Å². The standard InChI is InChI=1S/C19H30N2O.C2H2O4/c1-3-5-12-21(13-6-4-2)18(22)19(14-17(19)15-20)16-10-8-7-9-11-16;3-1(4)2(5)6/h7-11,17H,3-6,12-15,20H2,1-2H3;(H,3,4)(H,5,6). The maximum absolute atomic E-state index is 13.3. The highest BCUT2D eigenvalue weighted by Crippen LogP contribution is 2.54. The number of benzene rings is 1. The van der Waals surface area contributed by atoms with Crippen molar-refractivity contribution in [1.82, 2.24) is 4.90 Å². The molecule has 1 fully saturated rings. The van der Waals surface area contributed by atoms with Gasteiger partial charge in [-0.05, 0) is 24.8 Å². The average molecular weight is 392 g/mol. The lowest BCUT2D eigenvalue weighted by Gasteiger charge is -2.28. The number of carboxylic acids is 2. The smallest absolute Gasteiger partial charge is 0.351 e. The summed E-state index contributed by atoms with van der Waals surface area (Å²) in [5.74, 6) is -3.26. The molecule has 28 heavy (non-hydrogen) atoms. The van der Waals surface area contributed by atoms with Crippen LogP contribution in [0.1, 0.15) is 51.5 Å². The van der Waals surface area contributed by atoms with E-state index in [-0.39, 0.29) is 5.41 Å². The first-order valence-corrected chi connectivity index (χ1v) is 9.93. The molecule has 2 atom stereocenters. The predicted molar refractivity (Wildman–Crippen MR) is 103 cm³/mol. The lowest BCUT2D eigenvalue weighted by atomic mass is 9.91. The molecule has 1 aromatic carbocycles. The van der Waals surface area contributed by atoms with Crippen LogP contribution in [0.5, 0.6) is 0 Å². The van der Waals surface area contributed by atoms with E-state index in [0.717, 1.165) is 51.7 Å².